The standard InChI is InChI=1S/C10H12FNO/c1-8(13)6-12-7-9-2-4-10(11)5-3-9/h2-5,12H,6-7H2,1H3. The molecule has 1 aromatic carbocycles. The lowest BCUT2D eigenvalue weighted by molar-refractivity contribution is -0.116. The van der Waals surface area contributed by atoms with Gasteiger partial charge in [-0.25, -0.2) is 4.39 Å². The van der Waals surface area contributed by atoms with Crippen molar-refractivity contribution in [3.05, 3.63) is 35.6 Å². The summed E-state index contributed by atoms with van der Waals surface area (Å²) >= 11 is 0. The van der Waals surface area contributed by atoms with Crippen molar-refractivity contribution in [2.45, 2.75) is 13.5 Å². The number of ketones is 1. The highest BCUT2D eigenvalue weighted by Gasteiger charge is 1.94. The van der Waals surface area contributed by atoms with Crippen molar-refractivity contribution in [2.24, 2.45) is 0 Å². The van der Waals surface area contributed by atoms with Gasteiger partial charge in [0.25, 0.3) is 0 Å². The zero-order valence-corrected chi connectivity index (χ0v) is 7.51. The number of hydrogen-bond acceptors (Lipinski definition) is 2. The van der Waals surface area contributed by atoms with E-state index in [9.17, 15) is 9.18 Å². The molecule has 0 unspecified atom stereocenters. The molecule has 0 saturated carbocycles. The quantitative estimate of drug-likeness (QED) is 0.762. The topological polar surface area (TPSA) is 29.1 Å². The molecular formula is C10H12FNO. The van der Waals surface area contributed by atoms with Crippen molar-refractivity contribution in [1.82, 2.24) is 5.32 Å². The van der Waals surface area contributed by atoms with Crippen LogP contribution < -0.4 is 5.32 Å². The zero-order chi connectivity index (χ0) is 9.68. The third-order valence-electron chi connectivity index (χ3n) is 1.62. The molecule has 0 aromatic heterocycles. The summed E-state index contributed by atoms with van der Waals surface area (Å²) in [4.78, 5) is 10.6. The lowest BCUT2D eigenvalue weighted by Crippen LogP contribution is -2.20. The zero-order valence-electron chi connectivity index (χ0n) is 7.51. The van der Waals surface area contributed by atoms with Gasteiger partial charge in [-0.2, -0.15) is 0 Å². The summed E-state index contributed by atoms with van der Waals surface area (Å²) in [5.74, 6) is -0.141. The molecule has 0 heterocycles. The fourth-order valence-corrected chi connectivity index (χ4v) is 0.985. The molecule has 1 rings (SSSR count). The van der Waals surface area contributed by atoms with Crippen molar-refractivity contribution in [3.8, 4) is 0 Å². The first-order chi connectivity index (χ1) is 6.18. The molecule has 0 spiro atoms. The number of nitrogens with one attached hydrogen (secondary N) is 1. The molecule has 1 N–H and O–H groups in total. The van der Waals surface area contributed by atoms with Crippen molar-refractivity contribution < 1.29 is 9.18 Å². The Morgan fingerprint density at radius 2 is 2.00 bits per heavy atom. The Labute approximate surface area is 76.8 Å². The van der Waals surface area contributed by atoms with Crippen LogP contribution in [0.1, 0.15) is 12.5 Å². The van der Waals surface area contributed by atoms with E-state index in [-0.39, 0.29) is 11.6 Å². The highest BCUT2D eigenvalue weighted by molar-refractivity contribution is 5.77. The van der Waals surface area contributed by atoms with Crippen molar-refractivity contribution in [1.29, 1.82) is 0 Å². The molecule has 0 aliphatic carbocycles. The molecule has 70 valence electrons. The fourth-order valence-electron chi connectivity index (χ4n) is 0.985. The molecule has 13 heavy (non-hydrogen) atoms. The predicted octanol–water partition coefficient (Wildman–Crippen LogP) is 1.50. The average molecular weight is 181 g/mol. The third-order valence-corrected chi connectivity index (χ3v) is 1.62. The molecule has 0 fully saturated rings. The molecule has 0 bridgehead atoms. The van der Waals surface area contributed by atoms with E-state index in [1.807, 2.05) is 0 Å². The molecule has 2 nitrogen and oxygen atoms in total. The lowest BCUT2D eigenvalue weighted by Gasteiger charge is -2.01. The number of rotatable bonds is 4. The Morgan fingerprint density at radius 3 is 2.54 bits per heavy atom. The van der Waals surface area contributed by atoms with E-state index >= 15 is 0 Å². The van der Waals surface area contributed by atoms with Gasteiger partial charge in [0.1, 0.15) is 11.6 Å². The van der Waals surface area contributed by atoms with Gasteiger partial charge in [-0.1, -0.05) is 12.1 Å². The molecule has 0 amide bonds. The van der Waals surface area contributed by atoms with E-state index in [4.69, 9.17) is 0 Å². The molecule has 1 aromatic rings. The van der Waals surface area contributed by atoms with Gasteiger partial charge in [-0.05, 0) is 24.6 Å². The number of hydrogen-bond donors (Lipinski definition) is 1. The second-order valence-corrected chi connectivity index (χ2v) is 2.93. The maximum absolute atomic E-state index is 12.5. The second kappa shape index (κ2) is 4.72. The summed E-state index contributed by atoms with van der Waals surface area (Å²) in [5.41, 5.74) is 0.975. The van der Waals surface area contributed by atoms with Gasteiger partial charge in [0.2, 0.25) is 0 Å². The van der Waals surface area contributed by atoms with Crippen LogP contribution in [0.2, 0.25) is 0 Å². The van der Waals surface area contributed by atoms with E-state index in [1.165, 1.54) is 19.1 Å². The average Bonchev–Trinajstić information content (AvgIpc) is 2.08. The number of benzene rings is 1. The van der Waals surface area contributed by atoms with E-state index < -0.39 is 0 Å². The van der Waals surface area contributed by atoms with Crippen LogP contribution in [0.3, 0.4) is 0 Å². The molecule has 3 heteroatoms. The van der Waals surface area contributed by atoms with Crippen LogP contribution in [0.15, 0.2) is 24.3 Å². The Hall–Kier alpha value is -1.22. The molecule has 0 aliphatic rings. The Morgan fingerprint density at radius 1 is 1.38 bits per heavy atom. The molecule has 0 aliphatic heterocycles. The third kappa shape index (κ3) is 3.80. The van der Waals surface area contributed by atoms with E-state index in [1.54, 1.807) is 12.1 Å². The second-order valence-electron chi connectivity index (χ2n) is 2.93. The van der Waals surface area contributed by atoms with Crippen LogP contribution in [-0.2, 0) is 11.3 Å². The van der Waals surface area contributed by atoms with Gasteiger partial charge in [-0.3, -0.25) is 4.79 Å². The Bertz CT molecular complexity index is 281. The largest absolute Gasteiger partial charge is 0.306 e. The molecule has 0 atom stereocenters. The van der Waals surface area contributed by atoms with E-state index in [0.29, 0.717) is 13.1 Å². The maximum Gasteiger partial charge on any atom is 0.143 e. The van der Waals surface area contributed by atoms with Gasteiger partial charge in [0, 0.05) is 6.54 Å². The van der Waals surface area contributed by atoms with E-state index in [2.05, 4.69) is 5.32 Å². The smallest absolute Gasteiger partial charge is 0.143 e. The number of halogens is 1. The maximum atomic E-state index is 12.5. The summed E-state index contributed by atoms with van der Waals surface area (Å²) in [6.45, 7) is 2.48. The van der Waals surface area contributed by atoms with Gasteiger partial charge in [-0.15, -0.1) is 0 Å². The minimum atomic E-state index is -0.240. The van der Waals surface area contributed by atoms with Crippen LogP contribution in [-0.4, -0.2) is 12.3 Å². The summed E-state index contributed by atoms with van der Waals surface area (Å²) in [6.07, 6.45) is 0. The van der Waals surface area contributed by atoms with Gasteiger partial charge in [0.15, 0.2) is 0 Å². The summed E-state index contributed by atoms with van der Waals surface area (Å²) in [6, 6.07) is 6.21. The number of Topliss-reactive ketones (excluding diaryl/α,β-unsaturated/α-hetero) is 1. The Balaban J connectivity index is 2.37. The van der Waals surface area contributed by atoms with Gasteiger partial charge >= 0.3 is 0 Å². The summed E-state index contributed by atoms with van der Waals surface area (Å²) < 4.78 is 12.5. The summed E-state index contributed by atoms with van der Waals surface area (Å²) in [7, 11) is 0. The predicted molar refractivity (Wildman–Crippen MR) is 48.8 cm³/mol. The first-order valence-corrected chi connectivity index (χ1v) is 4.13. The van der Waals surface area contributed by atoms with Crippen LogP contribution >= 0.6 is 0 Å². The normalized spacial score (nSPS) is 10.0. The minimum absolute atomic E-state index is 0.0992. The van der Waals surface area contributed by atoms with Gasteiger partial charge < -0.3 is 5.32 Å². The molecule has 0 radical (unpaired) electrons. The van der Waals surface area contributed by atoms with Gasteiger partial charge in [0.05, 0.1) is 6.54 Å². The van der Waals surface area contributed by atoms with Crippen molar-refractivity contribution in [2.75, 3.05) is 6.54 Å². The highest BCUT2D eigenvalue weighted by atomic mass is 19.1. The van der Waals surface area contributed by atoms with Crippen LogP contribution in [0.25, 0.3) is 0 Å². The lowest BCUT2D eigenvalue weighted by atomic mass is 10.2. The first-order valence-electron chi connectivity index (χ1n) is 4.13. The van der Waals surface area contributed by atoms with Crippen LogP contribution in [0, 0.1) is 5.82 Å². The first kappa shape index (κ1) is 9.86. The van der Waals surface area contributed by atoms with Crippen molar-refractivity contribution in [3.63, 3.8) is 0 Å². The monoisotopic (exact) mass is 181 g/mol. The molecular weight excluding hydrogens is 169 g/mol. The van der Waals surface area contributed by atoms with E-state index in [0.717, 1.165) is 5.56 Å². The Kier molecular flexibility index (Phi) is 3.58. The summed E-state index contributed by atoms with van der Waals surface area (Å²) in [5, 5.41) is 2.95. The fraction of sp³-hybridized carbons (Fsp3) is 0.300. The number of carbonyl (C=O) groups excluding carboxylic acids is 1. The number of carbonyl (C=O) groups is 1. The highest BCUT2D eigenvalue weighted by Crippen LogP contribution is 2.01. The van der Waals surface area contributed by atoms with Crippen LogP contribution in [0.5, 0.6) is 0 Å². The van der Waals surface area contributed by atoms with Crippen molar-refractivity contribution >= 4 is 5.78 Å². The van der Waals surface area contributed by atoms with Crippen LogP contribution in [0.4, 0.5) is 4.39 Å². The minimum Gasteiger partial charge on any atom is -0.306 e. The SMILES string of the molecule is CC(=O)CNCc1ccc(F)cc1. The molecule has 0 saturated heterocycles.